The minimum Gasteiger partial charge on any atom is -0.485 e. The number of anilines is 1. The number of esters is 1. The Labute approximate surface area is 218 Å². The van der Waals surface area contributed by atoms with Crippen LogP contribution in [-0.2, 0) is 22.7 Å². The third kappa shape index (κ3) is 6.05. The molecule has 0 saturated heterocycles. The Kier molecular flexibility index (Phi) is 9.10. The van der Waals surface area contributed by atoms with Crippen molar-refractivity contribution in [2.45, 2.75) is 39.1 Å². The molecule has 0 atom stereocenters. The van der Waals surface area contributed by atoms with E-state index in [2.05, 4.69) is 15.5 Å². The fraction of sp³-hybridized carbons (Fsp3) is 0.375. The standard InChI is InChI=1S/C24H29N5O5S2/c1-7-29-17(12-34-16-11-9-8-10-14(16)2)26-27-24(29)35-13-18(30)25-21-19(23(32)33-6)15(3)20(36-21)22(31)28(4)5/h8-11H,7,12-13H2,1-6H3,(H,25,30). The fourth-order valence-corrected chi connectivity index (χ4v) is 5.41. The molecule has 0 saturated carbocycles. The van der Waals surface area contributed by atoms with Gasteiger partial charge in [-0.1, -0.05) is 30.0 Å². The number of para-hydroxylation sites is 1. The van der Waals surface area contributed by atoms with Gasteiger partial charge in [0.15, 0.2) is 11.0 Å². The number of benzene rings is 1. The number of carbonyl (C=O) groups is 3. The van der Waals surface area contributed by atoms with Crippen LogP contribution in [0.2, 0.25) is 0 Å². The van der Waals surface area contributed by atoms with Crippen LogP contribution < -0.4 is 10.1 Å². The number of amides is 2. The van der Waals surface area contributed by atoms with E-state index < -0.39 is 5.97 Å². The van der Waals surface area contributed by atoms with Gasteiger partial charge in [-0.2, -0.15) is 0 Å². The van der Waals surface area contributed by atoms with Gasteiger partial charge in [0, 0.05) is 20.6 Å². The maximum absolute atomic E-state index is 12.8. The van der Waals surface area contributed by atoms with Crippen LogP contribution in [0.5, 0.6) is 5.75 Å². The summed E-state index contributed by atoms with van der Waals surface area (Å²) in [6.45, 7) is 6.45. The van der Waals surface area contributed by atoms with Crippen LogP contribution in [-0.4, -0.2) is 64.4 Å². The lowest BCUT2D eigenvalue weighted by atomic mass is 10.1. The van der Waals surface area contributed by atoms with Gasteiger partial charge in [0.2, 0.25) is 5.91 Å². The van der Waals surface area contributed by atoms with E-state index in [4.69, 9.17) is 9.47 Å². The number of hydrogen-bond acceptors (Lipinski definition) is 9. The Bertz CT molecular complexity index is 1270. The number of thioether (sulfide) groups is 1. The summed E-state index contributed by atoms with van der Waals surface area (Å²) in [4.78, 5) is 39.4. The summed E-state index contributed by atoms with van der Waals surface area (Å²) < 4.78 is 12.7. The van der Waals surface area contributed by atoms with Crippen LogP contribution in [0.25, 0.3) is 0 Å². The Morgan fingerprint density at radius 3 is 2.53 bits per heavy atom. The molecule has 3 aromatic rings. The van der Waals surface area contributed by atoms with Crippen LogP contribution in [0.4, 0.5) is 5.00 Å². The molecule has 2 heterocycles. The third-order valence-electron chi connectivity index (χ3n) is 5.28. The van der Waals surface area contributed by atoms with Crippen molar-refractivity contribution in [3.05, 3.63) is 51.7 Å². The molecule has 0 radical (unpaired) electrons. The van der Waals surface area contributed by atoms with Gasteiger partial charge in [-0.05, 0) is 38.0 Å². The number of rotatable bonds is 10. The average molecular weight is 532 g/mol. The molecule has 192 valence electrons. The number of methoxy groups -OCH3 is 1. The number of hydrogen-bond donors (Lipinski definition) is 1. The molecule has 0 bridgehead atoms. The number of thiophene rings is 1. The summed E-state index contributed by atoms with van der Waals surface area (Å²) in [6, 6.07) is 7.73. The van der Waals surface area contributed by atoms with Crippen molar-refractivity contribution in [2.24, 2.45) is 0 Å². The molecule has 12 heteroatoms. The highest BCUT2D eigenvalue weighted by Gasteiger charge is 2.27. The van der Waals surface area contributed by atoms with E-state index in [-0.39, 0.29) is 34.7 Å². The number of nitrogens with zero attached hydrogens (tertiary/aromatic N) is 4. The Morgan fingerprint density at radius 1 is 1.17 bits per heavy atom. The van der Waals surface area contributed by atoms with E-state index in [0.29, 0.717) is 28.0 Å². The van der Waals surface area contributed by atoms with E-state index in [1.165, 1.54) is 23.8 Å². The molecular weight excluding hydrogens is 502 g/mol. The van der Waals surface area contributed by atoms with Crippen molar-refractivity contribution >= 4 is 45.9 Å². The second kappa shape index (κ2) is 12.0. The lowest BCUT2D eigenvalue weighted by molar-refractivity contribution is -0.113. The smallest absolute Gasteiger partial charge is 0.341 e. The third-order valence-corrected chi connectivity index (χ3v) is 7.44. The number of carbonyl (C=O) groups excluding carboxylic acids is 3. The zero-order valence-electron chi connectivity index (χ0n) is 21.1. The quantitative estimate of drug-likeness (QED) is 0.311. The summed E-state index contributed by atoms with van der Waals surface area (Å²) in [6.07, 6.45) is 0. The first-order valence-corrected chi connectivity index (χ1v) is 12.9. The largest absolute Gasteiger partial charge is 0.485 e. The van der Waals surface area contributed by atoms with Crippen molar-refractivity contribution in [2.75, 3.05) is 32.3 Å². The highest BCUT2D eigenvalue weighted by atomic mass is 32.2. The molecular formula is C24H29N5O5S2. The molecule has 10 nitrogen and oxygen atoms in total. The van der Waals surface area contributed by atoms with E-state index >= 15 is 0 Å². The fourth-order valence-electron chi connectivity index (χ4n) is 3.36. The van der Waals surface area contributed by atoms with Crippen molar-refractivity contribution in [1.82, 2.24) is 19.7 Å². The van der Waals surface area contributed by atoms with E-state index in [9.17, 15) is 14.4 Å². The Morgan fingerprint density at radius 2 is 1.89 bits per heavy atom. The highest BCUT2D eigenvalue weighted by Crippen LogP contribution is 2.34. The molecule has 2 amide bonds. The van der Waals surface area contributed by atoms with Gasteiger partial charge >= 0.3 is 5.97 Å². The predicted octanol–water partition coefficient (Wildman–Crippen LogP) is 3.77. The lowest BCUT2D eigenvalue weighted by Crippen LogP contribution is -2.21. The molecule has 0 aliphatic rings. The van der Waals surface area contributed by atoms with Crippen LogP contribution in [0.15, 0.2) is 29.4 Å². The van der Waals surface area contributed by atoms with Gasteiger partial charge in [0.1, 0.15) is 17.4 Å². The second-order valence-electron chi connectivity index (χ2n) is 7.99. The average Bonchev–Trinajstić information content (AvgIpc) is 3.40. The zero-order chi connectivity index (χ0) is 26.4. The SMILES string of the molecule is CCn1c(COc2ccccc2C)nnc1SCC(=O)Nc1sc(C(=O)N(C)C)c(C)c1C(=O)OC. The summed E-state index contributed by atoms with van der Waals surface area (Å²) in [5, 5.41) is 12.1. The van der Waals surface area contributed by atoms with Gasteiger partial charge in [0.05, 0.1) is 23.3 Å². The predicted molar refractivity (Wildman–Crippen MR) is 139 cm³/mol. The lowest BCUT2D eigenvalue weighted by Gasteiger charge is -2.10. The normalized spacial score (nSPS) is 10.7. The summed E-state index contributed by atoms with van der Waals surface area (Å²) >= 11 is 2.27. The van der Waals surface area contributed by atoms with Gasteiger partial charge in [-0.3, -0.25) is 9.59 Å². The Balaban J connectivity index is 1.70. The first kappa shape index (κ1) is 27.2. The van der Waals surface area contributed by atoms with Gasteiger partial charge < -0.3 is 24.3 Å². The number of ether oxygens (including phenoxy) is 2. The van der Waals surface area contributed by atoms with E-state index in [0.717, 1.165) is 22.6 Å². The molecule has 0 unspecified atom stereocenters. The summed E-state index contributed by atoms with van der Waals surface area (Å²) in [5.74, 6) is 0.237. The molecule has 0 aliphatic carbocycles. The second-order valence-corrected chi connectivity index (χ2v) is 9.95. The van der Waals surface area contributed by atoms with Crippen LogP contribution >= 0.6 is 23.1 Å². The van der Waals surface area contributed by atoms with Crippen molar-refractivity contribution in [3.63, 3.8) is 0 Å². The van der Waals surface area contributed by atoms with E-state index in [1.807, 2.05) is 42.7 Å². The van der Waals surface area contributed by atoms with E-state index in [1.54, 1.807) is 21.0 Å². The maximum Gasteiger partial charge on any atom is 0.341 e. The van der Waals surface area contributed by atoms with Crippen molar-refractivity contribution < 1.29 is 23.9 Å². The van der Waals surface area contributed by atoms with Crippen molar-refractivity contribution in [1.29, 1.82) is 0 Å². The molecule has 36 heavy (non-hydrogen) atoms. The minimum absolute atomic E-state index is 0.0330. The van der Waals surface area contributed by atoms with Gasteiger partial charge in [-0.15, -0.1) is 21.5 Å². The van der Waals surface area contributed by atoms with Crippen LogP contribution in [0, 0.1) is 13.8 Å². The monoisotopic (exact) mass is 531 g/mol. The first-order chi connectivity index (χ1) is 17.2. The molecule has 0 spiro atoms. The number of nitrogens with one attached hydrogen (secondary N) is 1. The van der Waals surface area contributed by atoms with Gasteiger partial charge in [-0.25, -0.2) is 4.79 Å². The Hall–Kier alpha value is -3.38. The molecule has 1 N–H and O–H groups in total. The van der Waals surface area contributed by atoms with Crippen LogP contribution in [0.1, 0.15) is 43.9 Å². The maximum atomic E-state index is 12.8. The molecule has 0 fully saturated rings. The summed E-state index contributed by atoms with van der Waals surface area (Å²) in [7, 11) is 4.50. The molecule has 0 aliphatic heterocycles. The van der Waals surface area contributed by atoms with Gasteiger partial charge in [0.25, 0.3) is 5.91 Å². The van der Waals surface area contributed by atoms with Crippen molar-refractivity contribution in [3.8, 4) is 5.75 Å². The molecule has 3 rings (SSSR count). The van der Waals surface area contributed by atoms with Crippen LogP contribution in [0.3, 0.4) is 0 Å². The number of aromatic nitrogens is 3. The highest BCUT2D eigenvalue weighted by molar-refractivity contribution is 7.99. The topological polar surface area (TPSA) is 116 Å². The zero-order valence-corrected chi connectivity index (χ0v) is 22.7. The summed E-state index contributed by atoms with van der Waals surface area (Å²) in [5.41, 5.74) is 1.67. The molecule has 2 aromatic heterocycles. The minimum atomic E-state index is -0.617. The first-order valence-electron chi connectivity index (χ1n) is 11.1. The number of aryl methyl sites for hydroxylation is 1. The molecule has 1 aromatic carbocycles.